The quantitative estimate of drug-likeness (QED) is 0.0996. The number of nitrogens with zero attached hydrogens (tertiary/aromatic N) is 2. The summed E-state index contributed by atoms with van der Waals surface area (Å²) in [7, 11) is 7.37. The molecule has 2 unspecified atom stereocenters. The molecule has 304 valence electrons. The number of ether oxygens (including phenoxy) is 3. The van der Waals surface area contributed by atoms with Gasteiger partial charge in [0, 0.05) is 44.4 Å². The second-order valence-electron chi connectivity index (χ2n) is 14.8. The minimum Gasteiger partial charge on any atom is -0.497 e. The van der Waals surface area contributed by atoms with E-state index in [9.17, 15) is 19.2 Å². The monoisotopic (exact) mass is 758 g/mol. The highest BCUT2D eigenvalue weighted by molar-refractivity contribution is 5.91. The highest BCUT2D eigenvalue weighted by Crippen LogP contribution is 2.38. The number of hydrogen-bond acceptors (Lipinski definition) is 10. The van der Waals surface area contributed by atoms with Crippen LogP contribution < -0.4 is 26.8 Å². The van der Waals surface area contributed by atoms with Crippen molar-refractivity contribution in [2.75, 3.05) is 41.5 Å². The molecule has 3 amide bonds. The molecule has 1 aromatic carbocycles. The second-order valence-corrected chi connectivity index (χ2v) is 14.8. The van der Waals surface area contributed by atoms with Crippen LogP contribution in [0.5, 0.6) is 5.75 Å². The van der Waals surface area contributed by atoms with Crippen molar-refractivity contribution >= 4 is 35.3 Å². The third-order valence-electron chi connectivity index (χ3n) is 9.39. The number of carbonyl (C=O) groups is 4. The van der Waals surface area contributed by atoms with Gasteiger partial charge in [0.05, 0.1) is 30.8 Å². The first-order valence-corrected chi connectivity index (χ1v) is 18.6. The zero-order valence-corrected chi connectivity index (χ0v) is 34.0. The van der Waals surface area contributed by atoms with Gasteiger partial charge in [-0.3, -0.25) is 24.6 Å². The standard InChI is InChI=1S/C18H28N2O4.C10H9NO2.C6H14N2.C5H12O.CH3NO/c1-3-4-5-11-24-14(2)12-16(22)20-10-6-7-15(20)17(23)19-18(13-21)8-9-18;1-13-8-2-3-9-7(6-8)4-5-11-10(9)12;1-6(4-5-6)8(3)7-2;1-5(2,3)6-4;2-1-3/h3,13-15H,1,4-12H2,2H3,(H,19,23);2-6H,1H3,(H,11,12);7H,4-5H2,1-3H3;1-4H3;1H,(H2,2,3). The lowest BCUT2D eigenvalue weighted by Crippen LogP contribution is -2.50. The number of primary amides is 1. The molecule has 0 spiro atoms. The predicted molar refractivity (Wildman–Crippen MR) is 213 cm³/mol. The van der Waals surface area contributed by atoms with Crippen molar-refractivity contribution in [3.05, 3.63) is 53.5 Å². The molecule has 0 bridgehead atoms. The van der Waals surface area contributed by atoms with Crippen LogP contribution in [0.1, 0.15) is 92.4 Å². The summed E-state index contributed by atoms with van der Waals surface area (Å²) in [6.45, 7) is 15.1. The topological polar surface area (TPSA) is 185 Å². The van der Waals surface area contributed by atoms with Crippen LogP contribution in [-0.4, -0.2) is 110 Å². The smallest absolute Gasteiger partial charge is 0.255 e. The normalized spacial score (nSPS) is 17.7. The third kappa shape index (κ3) is 17.4. The summed E-state index contributed by atoms with van der Waals surface area (Å²) in [6.07, 6.45) is 12.0. The van der Waals surface area contributed by atoms with Crippen molar-refractivity contribution in [2.45, 2.75) is 121 Å². The summed E-state index contributed by atoms with van der Waals surface area (Å²) in [6, 6.07) is 6.76. The minimum absolute atomic E-state index is 0.0417. The molecule has 54 heavy (non-hydrogen) atoms. The van der Waals surface area contributed by atoms with Gasteiger partial charge < -0.3 is 39.9 Å². The molecule has 2 aromatic rings. The number of benzene rings is 1. The zero-order valence-electron chi connectivity index (χ0n) is 34.0. The minimum atomic E-state index is -0.671. The number of methoxy groups -OCH3 is 2. The molecule has 2 saturated carbocycles. The maximum absolute atomic E-state index is 12.5. The molecule has 2 atom stereocenters. The Morgan fingerprint density at radius 3 is 2.28 bits per heavy atom. The number of amides is 3. The number of nitrogens with one attached hydrogen (secondary N) is 3. The fourth-order valence-electron chi connectivity index (χ4n) is 5.09. The molecule has 1 aliphatic heterocycles. The third-order valence-corrected chi connectivity index (χ3v) is 9.39. The average Bonchev–Trinajstić information content (AvgIpc) is 4.04. The number of carbonyl (C=O) groups excluding carboxylic acids is 4. The number of pyridine rings is 1. The zero-order chi connectivity index (χ0) is 41.0. The molecule has 1 aromatic heterocycles. The summed E-state index contributed by atoms with van der Waals surface area (Å²) < 4.78 is 15.6. The molecular weight excluding hydrogens is 692 g/mol. The van der Waals surface area contributed by atoms with E-state index >= 15 is 0 Å². The Hall–Kier alpha value is -4.11. The number of aromatic amines is 1. The summed E-state index contributed by atoms with van der Waals surface area (Å²) in [5.41, 5.74) is 7.05. The van der Waals surface area contributed by atoms with Gasteiger partial charge in [-0.15, -0.1) is 6.58 Å². The Morgan fingerprint density at radius 1 is 1.17 bits per heavy atom. The van der Waals surface area contributed by atoms with Gasteiger partial charge >= 0.3 is 0 Å². The van der Waals surface area contributed by atoms with Crippen LogP contribution in [0, 0.1) is 0 Å². The molecule has 2 aliphatic carbocycles. The SMILES string of the molecule is C=CCCCOC(C)CC(=O)N1CCCC1C(=O)NC1(C=O)CC1.CNN(C)C1(C)CC1.COC(C)(C)C.COc1ccc2c(=O)[nH]ccc2c1.NC=O. The Balaban J connectivity index is 0.000000403. The van der Waals surface area contributed by atoms with Gasteiger partial charge in [0.15, 0.2) is 0 Å². The predicted octanol–water partition coefficient (Wildman–Crippen LogP) is 4.26. The molecule has 0 radical (unpaired) electrons. The number of aldehydes is 1. The first-order valence-electron chi connectivity index (χ1n) is 18.6. The summed E-state index contributed by atoms with van der Waals surface area (Å²) in [4.78, 5) is 60.0. The van der Waals surface area contributed by atoms with E-state index in [-0.39, 0.29) is 41.9 Å². The van der Waals surface area contributed by atoms with Gasteiger partial charge in [-0.25, -0.2) is 5.01 Å². The van der Waals surface area contributed by atoms with Crippen molar-refractivity contribution in [3.63, 3.8) is 0 Å². The van der Waals surface area contributed by atoms with Crippen LogP contribution in [0.3, 0.4) is 0 Å². The molecule has 3 fully saturated rings. The molecule has 14 heteroatoms. The molecule has 3 aliphatic rings. The maximum Gasteiger partial charge on any atom is 0.255 e. The summed E-state index contributed by atoms with van der Waals surface area (Å²) in [5.74, 6) is 0.503. The van der Waals surface area contributed by atoms with E-state index in [1.54, 1.807) is 37.4 Å². The van der Waals surface area contributed by atoms with E-state index < -0.39 is 11.6 Å². The average molecular weight is 759 g/mol. The van der Waals surface area contributed by atoms with Crippen LogP contribution in [0.25, 0.3) is 10.8 Å². The fourth-order valence-corrected chi connectivity index (χ4v) is 5.09. The molecular formula is C40H66N6O8. The molecule has 5 rings (SSSR count). The Kier molecular flexibility index (Phi) is 21.0. The van der Waals surface area contributed by atoms with E-state index in [1.165, 1.54) is 12.8 Å². The number of rotatable bonds is 13. The van der Waals surface area contributed by atoms with Gasteiger partial charge in [-0.05, 0) is 123 Å². The first-order chi connectivity index (χ1) is 25.5. The van der Waals surface area contributed by atoms with Crippen molar-refractivity contribution in [2.24, 2.45) is 5.73 Å². The van der Waals surface area contributed by atoms with E-state index in [4.69, 9.17) is 19.0 Å². The van der Waals surface area contributed by atoms with Crippen molar-refractivity contribution in [1.82, 2.24) is 25.6 Å². The summed E-state index contributed by atoms with van der Waals surface area (Å²) >= 11 is 0. The first kappa shape index (κ1) is 47.9. The second kappa shape index (κ2) is 23.6. The van der Waals surface area contributed by atoms with E-state index in [0.717, 1.165) is 36.7 Å². The van der Waals surface area contributed by atoms with Crippen molar-refractivity contribution < 1.29 is 33.4 Å². The molecule has 1 saturated heterocycles. The number of likely N-dealkylation sites (tertiary alicyclic amines) is 1. The largest absolute Gasteiger partial charge is 0.497 e. The van der Waals surface area contributed by atoms with Gasteiger partial charge in [0.2, 0.25) is 18.2 Å². The van der Waals surface area contributed by atoms with E-state index in [0.29, 0.717) is 43.3 Å². The fraction of sp³-hybridized carbons (Fsp3) is 0.625. The number of nitrogens with two attached hydrogens (primary N) is 1. The van der Waals surface area contributed by atoms with E-state index in [2.05, 4.69) is 47.0 Å². The van der Waals surface area contributed by atoms with Gasteiger partial charge in [-0.2, -0.15) is 0 Å². The number of unbranched alkanes of at least 4 members (excludes halogenated alkanes) is 1. The highest BCUT2D eigenvalue weighted by atomic mass is 16.5. The Labute approximate surface area is 321 Å². The number of H-pyrrole nitrogens is 1. The number of hydrazine groups is 1. The van der Waals surface area contributed by atoms with Crippen LogP contribution >= 0.6 is 0 Å². The maximum atomic E-state index is 12.5. The van der Waals surface area contributed by atoms with E-state index in [1.807, 2.05) is 53.0 Å². The van der Waals surface area contributed by atoms with Gasteiger partial charge in [0.1, 0.15) is 18.1 Å². The lowest BCUT2D eigenvalue weighted by molar-refractivity contribution is -0.141. The Bertz CT molecular complexity index is 1520. The number of allylic oxidation sites excluding steroid dienone is 1. The Morgan fingerprint density at radius 2 is 1.80 bits per heavy atom. The van der Waals surface area contributed by atoms with Crippen LogP contribution in [-0.2, 0) is 28.7 Å². The number of fused-ring (bicyclic) bond motifs is 1. The lowest BCUT2D eigenvalue weighted by atomic mass is 10.1. The van der Waals surface area contributed by atoms with Crippen LogP contribution in [0.2, 0.25) is 0 Å². The van der Waals surface area contributed by atoms with Gasteiger partial charge in [0.25, 0.3) is 5.56 Å². The molecule has 2 heterocycles. The highest BCUT2D eigenvalue weighted by Gasteiger charge is 2.46. The lowest BCUT2D eigenvalue weighted by Gasteiger charge is -2.26. The van der Waals surface area contributed by atoms with Gasteiger partial charge in [-0.1, -0.05) is 6.08 Å². The van der Waals surface area contributed by atoms with Crippen molar-refractivity contribution in [3.8, 4) is 5.75 Å². The van der Waals surface area contributed by atoms with Crippen LogP contribution in [0.4, 0.5) is 0 Å². The molecule has 14 nitrogen and oxygen atoms in total. The molecule has 5 N–H and O–H groups in total. The van der Waals surface area contributed by atoms with Crippen molar-refractivity contribution in [1.29, 1.82) is 0 Å². The number of aromatic nitrogens is 1. The summed E-state index contributed by atoms with van der Waals surface area (Å²) in [5, 5.41) is 6.55. The van der Waals surface area contributed by atoms with Crippen LogP contribution in [0.15, 0.2) is 47.9 Å². The number of hydrogen-bond donors (Lipinski definition) is 4.